The van der Waals surface area contributed by atoms with Crippen molar-refractivity contribution >= 4 is 67.1 Å². The Hall–Kier alpha value is -4.75. The molecule has 4 heterocycles. The molecule has 0 saturated heterocycles. The van der Waals surface area contributed by atoms with Crippen LogP contribution in [0.25, 0.3) is 32.6 Å². The molecule has 6 nitrogen and oxygen atoms in total. The average molecular weight is 765 g/mol. The summed E-state index contributed by atoms with van der Waals surface area (Å²) in [5, 5.41) is 13.8. The number of carbonyl (C=O) groups is 2. The predicted octanol–water partition coefficient (Wildman–Crippen LogP) is 13.5. The average Bonchev–Trinajstić information content (AvgIpc) is 3.99. The molecule has 56 heavy (non-hydrogen) atoms. The van der Waals surface area contributed by atoms with Crippen LogP contribution in [0.15, 0.2) is 95.4 Å². The van der Waals surface area contributed by atoms with Crippen molar-refractivity contribution in [1.82, 2.24) is 9.47 Å². The third kappa shape index (κ3) is 7.55. The van der Waals surface area contributed by atoms with E-state index in [4.69, 9.17) is 5.10 Å². The van der Waals surface area contributed by atoms with Crippen LogP contribution in [-0.4, -0.2) is 33.5 Å². The molecule has 1 unspecified atom stereocenters. The first kappa shape index (κ1) is 38.1. The molecule has 2 aliphatic rings. The summed E-state index contributed by atoms with van der Waals surface area (Å²) < 4.78 is 2.50. The Labute approximate surface area is 336 Å². The number of amides is 2. The number of aryl methyl sites for hydroxylation is 1. The molecule has 0 saturated carbocycles. The highest BCUT2D eigenvalue weighted by Crippen LogP contribution is 2.44. The minimum atomic E-state index is -0.182. The fraction of sp³-hybridized carbons (Fsp3) is 0.408. The van der Waals surface area contributed by atoms with E-state index in [0.717, 1.165) is 59.3 Å². The van der Waals surface area contributed by atoms with Gasteiger partial charge in [0.25, 0.3) is 11.8 Å². The van der Waals surface area contributed by atoms with Crippen molar-refractivity contribution in [3.8, 4) is 0 Å². The van der Waals surface area contributed by atoms with Gasteiger partial charge in [-0.05, 0) is 66.2 Å². The summed E-state index contributed by atoms with van der Waals surface area (Å²) in [6.07, 6.45) is 17.8. The summed E-state index contributed by atoms with van der Waals surface area (Å²) in [5.74, 6) is -0.364. The zero-order valence-electron chi connectivity index (χ0n) is 33.3. The van der Waals surface area contributed by atoms with Gasteiger partial charge in [-0.15, -0.1) is 11.3 Å². The van der Waals surface area contributed by atoms with Crippen molar-refractivity contribution in [2.75, 3.05) is 11.6 Å². The third-order valence-corrected chi connectivity index (χ3v) is 13.0. The topological polar surface area (TPSA) is 57.9 Å². The van der Waals surface area contributed by atoms with Gasteiger partial charge in [-0.2, -0.15) is 5.10 Å². The number of unbranched alkanes of at least 4 members (excludes halogenated alkanes) is 12. The lowest BCUT2D eigenvalue weighted by Gasteiger charge is -2.30. The van der Waals surface area contributed by atoms with Crippen LogP contribution in [0.3, 0.4) is 0 Å². The van der Waals surface area contributed by atoms with Gasteiger partial charge in [0.05, 0.1) is 22.3 Å². The molecule has 290 valence electrons. The number of imide groups is 1. The van der Waals surface area contributed by atoms with Crippen LogP contribution < -0.4 is 5.01 Å². The van der Waals surface area contributed by atoms with Crippen molar-refractivity contribution in [3.63, 3.8) is 0 Å². The fourth-order valence-corrected chi connectivity index (χ4v) is 9.81. The molecule has 6 aromatic rings. The Bertz CT molecular complexity index is 2330. The normalized spacial score (nSPS) is 15.6. The molecule has 1 atom stereocenters. The number of carbonyl (C=O) groups excluding carboxylic acids is 2. The number of hydrogen-bond acceptors (Lipinski definition) is 5. The SMILES string of the molecule is CCCCCCCCCCCCN1C(=O)c2cccc3c(N4N=C(c5cccs5)CC4c4ccc5c(c4)c4ccccc4n5CCCCCC)ccc(c23)C1=O. The van der Waals surface area contributed by atoms with Crippen molar-refractivity contribution in [2.45, 2.75) is 123 Å². The molecule has 0 aliphatic carbocycles. The van der Waals surface area contributed by atoms with Crippen LogP contribution >= 0.6 is 11.3 Å². The first-order valence-corrected chi connectivity index (χ1v) is 22.3. The Kier molecular flexibility index (Phi) is 12.0. The monoisotopic (exact) mass is 764 g/mol. The van der Waals surface area contributed by atoms with Gasteiger partial charge < -0.3 is 4.57 Å². The number of nitrogens with zero attached hydrogens (tertiary/aromatic N) is 4. The van der Waals surface area contributed by atoms with Gasteiger partial charge in [0.2, 0.25) is 0 Å². The van der Waals surface area contributed by atoms with Gasteiger partial charge in [-0.1, -0.05) is 133 Å². The van der Waals surface area contributed by atoms with Gasteiger partial charge >= 0.3 is 0 Å². The molecule has 0 radical (unpaired) electrons. The lowest BCUT2D eigenvalue weighted by Crippen LogP contribution is -2.41. The van der Waals surface area contributed by atoms with Crippen LogP contribution in [0.5, 0.6) is 0 Å². The number of anilines is 1. The van der Waals surface area contributed by atoms with Crippen LogP contribution in [0.4, 0.5) is 5.69 Å². The number of thiophene rings is 1. The number of para-hydroxylation sites is 1. The van der Waals surface area contributed by atoms with E-state index in [9.17, 15) is 9.59 Å². The zero-order chi connectivity index (χ0) is 38.4. The van der Waals surface area contributed by atoms with Gasteiger partial charge in [0.15, 0.2) is 0 Å². The largest absolute Gasteiger partial charge is 0.340 e. The quantitative estimate of drug-likeness (QED) is 0.0609. The molecule has 8 rings (SSSR count). The number of fused-ring (bicyclic) bond motifs is 3. The number of rotatable bonds is 19. The van der Waals surface area contributed by atoms with E-state index in [1.54, 1.807) is 11.3 Å². The second kappa shape index (κ2) is 17.6. The number of benzene rings is 4. The number of aromatic nitrogens is 1. The fourth-order valence-electron chi connectivity index (χ4n) is 9.09. The van der Waals surface area contributed by atoms with E-state index in [1.165, 1.54) is 103 Å². The van der Waals surface area contributed by atoms with E-state index >= 15 is 0 Å². The Balaban J connectivity index is 1.08. The summed E-state index contributed by atoms with van der Waals surface area (Å²) in [6.45, 7) is 6.00. The van der Waals surface area contributed by atoms with Crippen molar-refractivity contribution in [1.29, 1.82) is 0 Å². The highest BCUT2D eigenvalue weighted by molar-refractivity contribution is 7.12. The molecule has 2 aliphatic heterocycles. The Morgan fingerprint density at radius 1 is 0.625 bits per heavy atom. The summed E-state index contributed by atoms with van der Waals surface area (Å²) in [7, 11) is 0. The van der Waals surface area contributed by atoms with E-state index in [1.807, 2.05) is 18.2 Å². The van der Waals surface area contributed by atoms with E-state index in [0.29, 0.717) is 17.7 Å². The molecular weight excluding hydrogens is 709 g/mol. The molecule has 7 heteroatoms. The summed E-state index contributed by atoms with van der Waals surface area (Å²) in [6, 6.07) is 29.9. The standard InChI is InChI=1S/C49H56N4O2S/c1-3-5-7-9-10-11-12-13-14-18-31-52-48(54)38-23-19-22-37-44(29-27-39(47(37)38)49(52)55)53-45(34-41(50-53)46-25-20-32-56-46)35-26-28-43-40(33-35)36-21-15-16-24-42(36)51(43)30-17-8-6-4-2/h15-16,19-29,32-33,45H,3-14,17-18,30-31,34H2,1-2H3. The van der Waals surface area contributed by atoms with E-state index in [2.05, 4.69) is 95.5 Å². The second-order valence-corrected chi connectivity index (χ2v) is 16.8. The van der Waals surface area contributed by atoms with Crippen LogP contribution in [0, 0.1) is 0 Å². The van der Waals surface area contributed by atoms with Gasteiger partial charge in [-0.3, -0.25) is 19.5 Å². The Morgan fingerprint density at radius 2 is 1.29 bits per heavy atom. The maximum absolute atomic E-state index is 14.0. The molecule has 4 aromatic carbocycles. The molecule has 2 aromatic heterocycles. The first-order valence-electron chi connectivity index (χ1n) is 21.4. The third-order valence-electron chi connectivity index (χ3n) is 12.1. The molecule has 0 N–H and O–H groups in total. The summed E-state index contributed by atoms with van der Waals surface area (Å²) in [5.41, 5.74) is 6.96. The van der Waals surface area contributed by atoms with E-state index < -0.39 is 0 Å². The second-order valence-electron chi connectivity index (χ2n) is 15.9. The summed E-state index contributed by atoms with van der Waals surface area (Å²) in [4.78, 5) is 30.7. The van der Waals surface area contributed by atoms with Gasteiger partial charge in [-0.25, -0.2) is 0 Å². The smallest absolute Gasteiger partial charge is 0.261 e. The van der Waals surface area contributed by atoms with Crippen molar-refractivity contribution in [3.05, 3.63) is 112 Å². The van der Waals surface area contributed by atoms with Crippen molar-refractivity contribution in [2.24, 2.45) is 5.10 Å². The van der Waals surface area contributed by atoms with Crippen molar-refractivity contribution < 1.29 is 9.59 Å². The number of hydrogen-bond donors (Lipinski definition) is 0. The molecule has 0 spiro atoms. The minimum Gasteiger partial charge on any atom is -0.340 e. The highest BCUT2D eigenvalue weighted by Gasteiger charge is 2.36. The first-order chi connectivity index (χ1) is 27.6. The zero-order valence-corrected chi connectivity index (χ0v) is 34.1. The molecular formula is C49H56N4O2S. The lowest BCUT2D eigenvalue weighted by atomic mass is 9.92. The van der Waals surface area contributed by atoms with Gasteiger partial charge in [0, 0.05) is 63.2 Å². The minimum absolute atomic E-state index is 0.0527. The van der Waals surface area contributed by atoms with Crippen LogP contribution in [0.1, 0.15) is 147 Å². The maximum atomic E-state index is 14.0. The predicted molar refractivity (Wildman–Crippen MR) is 235 cm³/mol. The maximum Gasteiger partial charge on any atom is 0.261 e. The summed E-state index contributed by atoms with van der Waals surface area (Å²) >= 11 is 1.71. The molecule has 2 amide bonds. The van der Waals surface area contributed by atoms with Crippen LogP contribution in [0.2, 0.25) is 0 Å². The molecule has 0 fully saturated rings. The number of hydrazone groups is 1. The highest BCUT2D eigenvalue weighted by atomic mass is 32.1. The Morgan fingerprint density at radius 3 is 2.04 bits per heavy atom. The van der Waals surface area contributed by atoms with Gasteiger partial charge in [0.1, 0.15) is 0 Å². The van der Waals surface area contributed by atoms with Crippen LogP contribution in [-0.2, 0) is 6.54 Å². The lowest BCUT2D eigenvalue weighted by molar-refractivity contribution is 0.0607. The molecule has 0 bridgehead atoms. The van der Waals surface area contributed by atoms with E-state index in [-0.39, 0.29) is 17.9 Å².